The first kappa shape index (κ1) is 18.9. The summed E-state index contributed by atoms with van der Waals surface area (Å²) in [4.78, 5) is 61.2. The number of benzene rings is 1. The number of imide groups is 1. The van der Waals surface area contributed by atoms with E-state index in [1.54, 1.807) is 0 Å². The van der Waals surface area contributed by atoms with Gasteiger partial charge in [0, 0.05) is 7.05 Å². The van der Waals surface area contributed by atoms with Gasteiger partial charge in [0.15, 0.2) is 0 Å². The zero-order chi connectivity index (χ0) is 19.4. The molecule has 0 radical (unpaired) electrons. The Morgan fingerprint density at radius 3 is 2.31 bits per heavy atom. The molecule has 0 aromatic heterocycles. The number of nitrogens with zero attached hydrogens (tertiary/aromatic N) is 2. The van der Waals surface area contributed by atoms with E-state index in [1.807, 2.05) is 0 Å². The third kappa shape index (κ3) is 3.79. The molecular weight excluding hydrogens is 346 g/mol. The lowest BCUT2D eigenvalue weighted by molar-refractivity contribution is -0.129. The van der Waals surface area contributed by atoms with Gasteiger partial charge in [0.25, 0.3) is 5.91 Å². The van der Waals surface area contributed by atoms with Gasteiger partial charge >= 0.3 is 18.0 Å². The molecule has 0 bridgehead atoms. The minimum atomic E-state index is -0.732. The molecule has 1 aliphatic rings. The Morgan fingerprint density at radius 1 is 1.12 bits per heavy atom. The van der Waals surface area contributed by atoms with E-state index < -0.39 is 36.3 Å². The lowest BCUT2D eigenvalue weighted by Crippen LogP contribution is -2.38. The van der Waals surface area contributed by atoms with Crippen molar-refractivity contribution in [2.24, 2.45) is 0 Å². The fourth-order valence-corrected chi connectivity index (χ4v) is 2.34. The van der Waals surface area contributed by atoms with Gasteiger partial charge in [-0.25, -0.2) is 14.4 Å². The SMILES string of the molecule is COC(=O)c1ccc(C(=O)OC)c(NC(=O)CN2C(=O)CN(C)C2=O)c1. The maximum Gasteiger partial charge on any atom is 0.339 e. The van der Waals surface area contributed by atoms with Crippen molar-refractivity contribution in [2.45, 2.75) is 0 Å². The molecule has 10 heteroatoms. The molecule has 1 fully saturated rings. The number of nitrogens with one attached hydrogen (secondary N) is 1. The van der Waals surface area contributed by atoms with Crippen molar-refractivity contribution in [1.29, 1.82) is 0 Å². The summed E-state index contributed by atoms with van der Waals surface area (Å²) in [5, 5.41) is 2.42. The first-order valence-electron chi connectivity index (χ1n) is 7.44. The predicted octanol–water partition coefficient (Wildman–Crippen LogP) is 0.0923. The minimum absolute atomic E-state index is 0.00259. The Hall–Kier alpha value is -3.43. The molecule has 138 valence electrons. The molecule has 2 rings (SSSR count). The number of hydrogen-bond donors (Lipinski definition) is 1. The van der Waals surface area contributed by atoms with Crippen molar-refractivity contribution in [3.63, 3.8) is 0 Å². The maximum atomic E-state index is 12.2. The zero-order valence-corrected chi connectivity index (χ0v) is 14.4. The highest BCUT2D eigenvalue weighted by molar-refractivity contribution is 6.08. The van der Waals surface area contributed by atoms with Crippen LogP contribution in [0, 0.1) is 0 Å². The molecule has 26 heavy (non-hydrogen) atoms. The molecule has 1 N–H and O–H groups in total. The van der Waals surface area contributed by atoms with E-state index in [4.69, 9.17) is 0 Å². The number of rotatable bonds is 5. The van der Waals surface area contributed by atoms with Crippen LogP contribution in [-0.2, 0) is 19.1 Å². The Kier molecular flexibility index (Phi) is 5.55. The molecule has 1 saturated heterocycles. The van der Waals surface area contributed by atoms with Crippen LogP contribution in [0.4, 0.5) is 10.5 Å². The van der Waals surface area contributed by atoms with Gasteiger partial charge in [0.05, 0.1) is 31.0 Å². The molecule has 4 amide bonds. The standard InChI is InChI=1S/C16H17N3O7/c1-18-8-13(21)19(16(18)24)7-12(20)17-11-6-9(14(22)25-2)4-5-10(11)15(23)26-3/h4-6H,7-8H2,1-3H3,(H,17,20). The van der Waals surface area contributed by atoms with Crippen LogP contribution >= 0.6 is 0 Å². The van der Waals surface area contributed by atoms with Crippen LogP contribution in [0.5, 0.6) is 0 Å². The summed E-state index contributed by atoms with van der Waals surface area (Å²) in [5.74, 6) is -2.62. The monoisotopic (exact) mass is 363 g/mol. The molecule has 1 aliphatic heterocycles. The van der Waals surface area contributed by atoms with Crippen LogP contribution < -0.4 is 5.32 Å². The summed E-state index contributed by atoms with van der Waals surface area (Å²) in [7, 11) is 3.79. The van der Waals surface area contributed by atoms with Gasteiger partial charge in [-0.15, -0.1) is 0 Å². The van der Waals surface area contributed by atoms with Gasteiger partial charge in [-0.2, -0.15) is 0 Å². The lowest BCUT2D eigenvalue weighted by atomic mass is 10.1. The highest BCUT2D eigenvalue weighted by atomic mass is 16.5. The number of hydrogen-bond acceptors (Lipinski definition) is 7. The van der Waals surface area contributed by atoms with Crippen molar-refractivity contribution in [3.8, 4) is 0 Å². The molecule has 0 unspecified atom stereocenters. The Morgan fingerprint density at radius 2 is 1.77 bits per heavy atom. The number of likely N-dealkylation sites (N-methyl/N-ethyl adjacent to an activating group) is 1. The van der Waals surface area contributed by atoms with Crippen LogP contribution in [0.1, 0.15) is 20.7 Å². The third-order valence-corrected chi connectivity index (χ3v) is 3.65. The molecule has 1 heterocycles. The van der Waals surface area contributed by atoms with Crippen molar-refractivity contribution >= 4 is 35.5 Å². The highest BCUT2D eigenvalue weighted by Crippen LogP contribution is 2.20. The second-order valence-electron chi connectivity index (χ2n) is 5.41. The first-order chi connectivity index (χ1) is 12.3. The summed E-state index contributed by atoms with van der Waals surface area (Å²) in [6.45, 7) is -0.636. The van der Waals surface area contributed by atoms with Gasteiger partial charge in [-0.1, -0.05) is 0 Å². The van der Waals surface area contributed by atoms with Crippen molar-refractivity contribution < 1.29 is 33.4 Å². The third-order valence-electron chi connectivity index (χ3n) is 3.65. The van der Waals surface area contributed by atoms with Gasteiger partial charge in [0.2, 0.25) is 5.91 Å². The minimum Gasteiger partial charge on any atom is -0.465 e. The average molecular weight is 363 g/mol. The zero-order valence-electron chi connectivity index (χ0n) is 14.4. The Bertz CT molecular complexity index is 790. The van der Waals surface area contributed by atoms with Crippen LogP contribution in [0.2, 0.25) is 0 Å². The second-order valence-corrected chi connectivity index (χ2v) is 5.41. The molecule has 10 nitrogen and oxygen atoms in total. The summed E-state index contributed by atoms with van der Waals surface area (Å²) in [5.41, 5.74) is 0.102. The normalized spacial score (nSPS) is 13.7. The van der Waals surface area contributed by atoms with E-state index >= 15 is 0 Å². The Labute approximate surface area is 148 Å². The largest absolute Gasteiger partial charge is 0.465 e. The van der Waals surface area contributed by atoms with Crippen LogP contribution in [-0.4, -0.2) is 73.9 Å². The number of carbonyl (C=O) groups excluding carboxylic acids is 5. The number of esters is 2. The number of anilines is 1. The molecule has 1 aromatic carbocycles. The first-order valence-corrected chi connectivity index (χ1v) is 7.44. The molecular formula is C16H17N3O7. The fourth-order valence-electron chi connectivity index (χ4n) is 2.34. The number of ether oxygens (including phenoxy) is 2. The lowest BCUT2D eigenvalue weighted by Gasteiger charge is -2.15. The number of amides is 4. The van der Waals surface area contributed by atoms with E-state index in [-0.39, 0.29) is 23.4 Å². The molecule has 1 aromatic rings. The number of methoxy groups -OCH3 is 2. The van der Waals surface area contributed by atoms with Gasteiger partial charge in [-0.3, -0.25) is 14.5 Å². The smallest absolute Gasteiger partial charge is 0.339 e. The summed E-state index contributed by atoms with van der Waals surface area (Å²) in [6, 6.07) is 3.29. The van der Waals surface area contributed by atoms with E-state index in [9.17, 15) is 24.0 Å². The predicted molar refractivity (Wildman–Crippen MR) is 87.5 cm³/mol. The quantitative estimate of drug-likeness (QED) is 0.581. The summed E-state index contributed by atoms with van der Waals surface area (Å²) in [6.07, 6.45) is 0. The highest BCUT2D eigenvalue weighted by Gasteiger charge is 2.35. The number of carbonyl (C=O) groups is 5. The van der Waals surface area contributed by atoms with Gasteiger partial charge in [0.1, 0.15) is 13.1 Å². The molecule has 0 aliphatic carbocycles. The van der Waals surface area contributed by atoms with Crippen LogP contribution in [0.3, 0.4) is 0 Å². The Balaban J connectivity index is 2.24. The van der Waals surface area contributed by atoms with Crippen molar-refractivity contribution in [3.05, 3.63) is 29.3 Å². The van der Waals surface area contributed by atoms with Crippen LogP contribution in [0.15, 0.2) is 18.2 Å². The van der Waals surface area contributed by atoms with Gasteiger partial charge in [-0.05, 0) is 18.2 Å². The fraction of sp³-hybridized carbons (Fsp3) is 0.312. The molecule has 0 atom stereocenters. The van der Waals surface area contributed by atoms with Gasteiger partial charge < -0.3 is 19.7 Å². The average Bonchev–Trinajstić information content (AvgIpc) is 2.86. The van der Waals surface area contributed by atoms with Crippen LogP contribution in [0.25, 0.3) is 0 Å². The molecule has 0 saturated carbocycles. The topological polar surface area (TPSA) is 122 Å². The van der Waals surface area contributed by atoms with E-state index in [0.717, 1.165) is 4.90 Å². The van der Waals surface area contributed by atoms with Crippen molar-refractivity contribution in [1.82, 2.24) is 9.80 Å². The maximum absolute atomic E-state index is 12.2. The summed E-state index contributed by atoms with van der Waals surface area (Å²) >= 11 is 0. The van der Waals surface area contributed by atoms with E-state index in [2.05, 4.69) is 14.8 Å². The molecule has 0 spiro atoms. The second kappa shape index (κ2) is 7.64. The summed E-state index contributed by atoms with van der Waals surface area (Å²) < 4.78 is 9.23. The number of urea groups is 1. The van der Waals surface area contributed by atoms with Crippen molar-refractivity contribution in [2.75, 3.05) is 39.7 Å². The van der Waals surface area contributed by atoms with E-state index in [0.29, 0.717) is 0 Å². The van der Waals surface area contributed by atoms with E-state index in [1.165, 1.54) is 44.4 Å².